The number of allylic oxidation sites excluding steroid dienone is 1. The van der Waals surface area contributed by atoms with Crippen LogP contribution in [0.2, 0.25) is 0 Å². The van der Waals surface area contributed by atoms with Gasteiger partial charge in [-0.1, -0.05) is 12.1 Å². The molecule has 0 fully saturated rings. The number of rotatable bonds is 5. The van der Waals surface area contributed by atoms with Gasteiger partial charge in [0.2, 0.25) is 0 Å². The van der Waals surface area contributed by atoms with E-state index in [9.17, 15) is 4.79 Å². The van der Waals surface area contributed by atoms with Crippen molar-refractivity contribution in [3.8, 4) is 5.75 Å². The minimum absolute atomic E-state index is 0.139. The number of Topliss-reactive ketones (excluding diaryl/α,β-unsaturated/α-hetero) is 1. The third kappa shape index (κ3) is 3.17. The van der Waals surface area contributed by atoms with Gasteiger partial charge in [-0.2, -0.15) is 0 Å². The number of carbonyl (C=O) groups excluding carboxylic acids is 1. The molecule has 1 aromatic heterocycles. The predicted molar refractivity (Wildman–Crippen MR) is 99.5 cm³/mol. The number of nitrogen functional groups attached to an aromatic ring is 1. The lowest BCUT2D eigenvalue weighted by Gasteiger charge is -2.13. The van der Waals surface area contributed by atoms with E-state index in [1.807, 2.05) is 30.3 Å². The summed E-state index contributed by atoms with van der Waals surface area (Å²) in [6, 6.07) is 10.9. The summed E-state index contributed by atoms with van der Waals surface area (Å²) in [6.45, 7) is 1.46. The zero-order valence-electron chi connectivity index (χ0n) is 14.0. The summed E-state index contributed by atoms with van der Waals surface area (Å²) in [4.78, 5) is 11.8. The van der Waals surface area contributed by atoms with Gasteiger partial charge in [0.15, 0.2) is 5.78 Å². The lowest BCUT2D eigenvalue weighted by atomic mass is 9.99. The third-order valence-corrected chi connectivity index (χ3v) is 3.96. The van der Waals surface area contributed by atoms with E-state index < -0.39 is 0 Å². The maximum absolute atomic E-state index is 11.8. The highest BCUT2D eigenvalue weighted by Gasteiger charge is 2.17. The number of ketones is 1. The molecule has 0 radical (unpaired) electrons. The SMILES string of the molecule is COc1c(C(C)=O)ccc(N)c1C(=N)/C=C/c1ccc2occc2c1. The van der Waals surface area contributed by atoms with Crippen molar-refractivity contribution in [2.24, 2.45) is 0 Å². The van der Waals surface area contributed by atoms with Crippen LogP contribution >= 0.6 is 0 Å². The topological polar surface area (TPSA) is 89.3 Å². The van der Waals surface area contributed by atoms with Gasteiger partial charge in [-0.15, -0.1) is 0 Å². The van der Waals surface area contributed by atoms with E-state index in [2.05, 4.69) is 0 Å². The number of nitrogens with one attached hydrogen (secondary N) is 1. The van der Waals surface area contributed by atoms with Crippen molar-refractivity contribution in [2.75, 3.05) is 12.8 Å². The molecule has 5 nitrogen and oxygen atoms in total. The molecule has 0 saturated carbocycles. The van der Waals surface area contributed by atoms with Gasteiger partial charge in [-0.25, -0.2) is 0 Å². The number of benzene rings is 2. The molecular weight excluding hydrogens is 316 g/mol. The molecule has 3 rings (SSSR count). The largest absolute Gasteiger partial charge is 0.495 e. The van der Waals surface area contributed by atoms with E-state index in [4.69, 9.17) is 20.3 Å². The van der Waals surface area contributed by atoms with Gasteiger partial charge in [-0.05, 0) is 48.9 Å². The number of methoxy groups -OCH3 is 1. The first kappa shape index (κ1) is 16.5. The van der Waals surface area contributed by atoms with Gasteiger partial charge in [0.1, 0.15) is 11.3 Å². The molecule has 0 spiro atoms. The van der Waals surface area contributed by atoms with Gasteiger partial charge in [0.25, 0.3) is 0 Å². The summed E-state index contributed by atoms with van der Waals surface area (Å²) in [5.41, 5.74) is 9.14. The second-order valence-electron chi connectivity index (χ2n) is 5.63. The average molecular weight is 334 g/mol. The van der Waals surface area contributed by atoms with E-state index in [0.29, 0.717) is 22.6 Å². The van der Waals surface area contributed by atoms with Crippen LogP contribution in [0.15, 0.2) is 53.2 Å². The molecule has 0 atom stereocenters. The second kappa shape index (κ2) is 6.65. The molecule has 0 bridgehead atoms. The van der Waals surface area contributed by atoms with E-state index >= 15 is 0 Å². The van der Waals surface area contributed by atoms with E-state index in [1.165, 1.54) is 14.0 Å². The molecule has 126 valence electrons. The van der Waals surface area contributed by atoms with Gasteiger partial charge < -0.3 is 20.3 Å². The Labute approximate surface area is 145 Å². The van der Waals surface area contributed by atoms with Crippen LogP contribution in [-0.4, -0.2) is 18.6 Å². The van der Waals surface area contributed by atoms with Crippen LogP contribution in [0.25, 0.3) is 17.0 Å². The summed E-state index contributed by atoms with van der Waals surface area (Å²) in [5, 5.41) is 9.35. The summed E-state index contributed by atoms with van der Waals surface area (Å²) in [6.07, 6.45) is 5.09. The molecule has 25 heavy (non-hydrogen) atoms. The van der Waals surface area contributed by atoms with Crippen molar-refractivity contribution in [1.29, 1.82) is 5.41 Å². The predicted octanol–water partition coefficient (Wildman–Crippen LogP) is 4.31. The number of hydrogen-bond donors (Lipinski definition) is 2. The summed E-state index contributed by atoms with van der Waals surface area (Å²) >= 11 is 0. The van der Waals surface area contributed by atoms with Gasteiger partial charge in [0.05, 0.1) is 30.2 Å². The van der Waals surface area contributed by atoms with E-state index in [-0.39, 0.29) is 11.5 Å². The van der Waals surface area contributed by atoms with Crippen LogP contribution in [0.1, 0.15) is 28.4 Å². The van der Waals surface area contributed by atoms with Crippen LogP contribution in [0.5, 0.6) is 5.75 Å². The Morgan fingerprint density at radius 2 is 2.04 bits per heavy atom. The normalized spacial score (nSPS) is 11.1. The first-order valence-corrected chi connectivity index (χ1v) is 7.73. The number of ether oxygens (including phenoxy) is 1. The molecule has 0 saturated heterocycles. The molecule has 3 N–H and O–H groups in total. The molecule has 0 amide bonds. The first-order valence-electron chi connectivity index (χ1n) is 7.73. The van der Waals surface area contributed by atoms with Gasteiger partial charge >= 0.3 is 0 Å². The average Bonchev–Trinajstić information content (AvgIpc) is 3.06. The fourth-order valence-electron chi connectivity index (χ4n) is 2.72. The molecular formula is C20H18N2O3. The fraction of sp³-hybridized carbons (Fsp3) is 0.100. The van der Waals surface area contributed by atoms with Gasteiger partial charge in [0, 0.05) is 11.1 Å². The number of anilines is 1. The van der Waals surface area contributed by atoms with Crippen molar-refractivity contribution >= 4 is 34.2 Å². The van der Waals surface area contributed by atoms with Crippen LogP contribution in [0, 0.1) is 5.41 Å². The Hall–Kier alpha value is -3.34. The second-order valence-corrected chi connectivity index (χ2v) is 5.63. The minimum Gasteiger partial charge on any atom is -0.495 e. The molecule has 0 aliphatic carbocycles. The quantitative estimate of drug-likeness (QED) is 0.413. The molecule has 0 aliphatic heterocycles. The third-order valence-electron chi connectivity index (χ3n) is 3.96. The van der Waals surface area contributed by atoms with Crippen LogP contribution in [0.4, 0.5) is 5.69 Å². The Morgan fingerprint density at radius 3 is 2.76 bits per heavy atom. The molecule has 1 heterocycles. The monoisotopic (exact) mass is 334 g/mol. The van der Waals surface area contributed by atoms with Crippen LogP contribution < -0.4 is 10.5 Å². The number of hydrogen-bond acceptors (Lipinski definition) is 5. The van der Waals surface area contributed by atoms with Crippen LogP contribution in [0.3, 0.4) is 0 Å². The van der Waals surface area contributed by atoms with Crippen molar-refractivity contribution in [3.63, 3.8) is 0 Å². The summed E-state index contributed by atoms with van der Waals surface area (Å²) in [7, 11) is 1.47. The molecule has 5 heteroatoms. The number of carbonyl (C=O) groups is 1. The Kier molecular flexibility index (Phi) is 4.39. The minimum atomic E-state index is -0.139. The lowest BCUT2D eigenvalue weighted by Crippen LogP contribution is -2.08. The van der Waals surface area contributed by atoms with Crippen molar-refractivity contribution in [2.45, 2.75) is 6.92 Å². The maximum atomic E-state index is 11.8. The van der Waals surface area contributed by atoms with E-state index in [1.54, 1.807) is 24.5 Å². The van der Waals surface area contributed by atoms with Crippen LogP contribution in [-0.2, 0) is 0 Å². The highest BCUT2D eigenvalue weighted by atomic mass is 16.5. The Balaban J connectivity index is 1.97. The maximum Gasteiger partial charge on any atom is 0.163 e. The lowest BCUT2D eigenvalue weighted by molar-refractivity contribution is 0.101. The smallest absolute Gasteiger partial charge is 0.163 e. The summed E-state index contributed by atoms with van der Waals surface area (Å²) in [5.74, 6) is 0.188. The zero-order valence-corrected chi connectivity index (χ0v) is 14.0. The Bertz CT molecular complexity index is 999. The fourth-order valence-corrected chi connectivity index (χ4v) is 2.72. The van der Waals surface area contributed by atoms with Crippen molar-refractivity contribution < 1.29 is 13.9 Å². The van der Waals surface area contributed by atoms with Crippen molar-refractivity contribution in [1.82, 2.24) is 0 Å². The Morgan fingerprint density at radius 1 is 1.24 bits per heavy atom. The number of nitrogens with two attached hydrogens (primary N) is 1. The highest BCUT2D eigenvalue weighted by Crippen LogP contribution is 2.30. The molecule has 3 aromatic rings. The summed E-state index contributed by atoms with van der Waals surface area (Å²) < 4.78 is 10.7. The standard InChI is InChI=1S/C20H18N2O3/c1-12(23)15-5-7-17(22)19(20(15)24-2)16(21)6-3-13-4-8-18-14(11-13)9-10-25-18/h3-11,21H,22H2,1-2H3/b6-3+,21-16?. The molecule has 2 aromatic carbocycles. The van der Waals surface area contributed by atoms with Gasteiger partial charge in [-0.3, -0.25) is 4.79 Å². The molecule has 0 unspecified atom stereocenters. The highest BCUT2D eigenvalue weighted by molar-refractivity contribution is 6.15. The zero-order chi connectivity index (χ0) is 18.0. The van der Waals surface area contributed by atoms with E-state index in [0.717, 1.165) is 16.5 Å². The number of fused-ring (bicyclic) bond motifs is 1. The van der Waals surface area contributed by atoms with Crippen molar-refractivity contribution in [3.05, 3.63) is 65.4 Å². The molecule has 0 aliphatic rings. The first-order chi connectivity index (χ1) is 12.0. The number of furan rings is 1.